The second-order valence-corrected chi connectivity index (χ2v) is 16.9. The third-order valence-electron chi connectivity index (χ3n) is 13.0. The van der Waals surface area contributed by atoms with E-state index < -0.39 is 0 Å². The maximum atomic E-state index is 2.46. The van der Waals surface area contributed by atoms with E-state index in [0.717, 1.165) is 33.9 Å². The average Bonchev–Trinajstić information content (AvgIpc) is 3.73. The molecule has 1 heterocycles. The molecule has 0 aliphatic heterocycles. The Morgan fingerprint density at radius 1 is 0.273 bits per heavy atom. The normalized spacial score (nSPS) is 11.3. The molecule has 2 nitrogen and oxygen atoms in total. The molecule has 66 heavy (non-hydrogen) atoms. The van der Waals surface area contributed by atoms with E-state index >= 15 is 0 Å². The third kappa shape index (κ3) is 6.93. The van der Waals surface area contributed by atoms with Gasteiger partial charge < -0.3 is 9.47 Å². The topological polar surface area (TPSA) is 8.17 Å². The van der Waals surface area contributed by atoms with Gasteiger partial charge >= 0.3 is 0 Å². The van der Waals surface area contributed by atoms with Gasteiger partial charge in [-0.3, -0.25) is 0 Å². The molecule has 0 radical (unpaired) electrons. The second-order valence-electron chi connectivity index (χ2n) is 16.9. The molecule has 0 N–H and O–H groups in total. The number of benzene rings is 11. The summed E-state index contributed by atoms with van der Waals surface area (Å²) < 4.78 is 2.42. The van der Waals surface area contributed by atoms with Gasteiger partial charge in [0.1, 0.15) is 0 Å². The molecular formula is C64H44N2. The molecule has 1 aromatic heterocycles. The Morgan fingerprint density at radius 2 is 0.773 bits per heavy atom. The summed E-state index contributed by atoms with van der Waals surface area (Å²) in [7, 11) is 0. The van der Waals surface area contributed by atoms with Crippen molar-refractivity contribution in [3.63, 3.8) is 0 Å². The summed E-state index contributed by atoms with van der Waals surface area (Å²) in [5.41, 5.74) is 18.5. The first-order valence-electron chi connectivity index (χ1n) is 22.7. The van der Waals surface area contributed by atoms with Crippen LogP contribution in [-0.2, 0) is 0 Å². The fourth-order valence-corrected chi connectivity index (χ4v) is 9.94. The van der Waals surface area contributed by atoms with Crippen LogP contribution in [0.4, 0.5) is 17.1 Å². The van der Waals surface area contributed by atoms with Gasteiger partial charge in [0.25, 0.3) is 0 Å². The highest BCUT2D eigenvalue weighted by molar-refractivity contribution is 6.10. The van der Waals surface area contributed by atoms with Gasteiger partial charge in [-0.05, 0) is 110 Å². The lowest BCUT2D eigenvalue weighted by atomic mass is 9.87. The van der Waals surface area contributed by atoms with Crippen molar-refractivity contribution in [3.8, 4) is 61.3 Å². The zero-order chi connectivity index (χ0) is 43.8. The highest BCUT2D eigenvalue weighted by Gasteiger charge is 2.24. The summed E-state index contributed by atoms with van der Waals surface area (Å²) in [6.07, 6.45) is 0. The van der Waals surface area contributed by atoms with Gasteiger partial charge in [0.2, 0.25) is 0 Å². The van der Waals surface area contributed by atoms with Crippen molar-refractivity contribution in [2.24, 2.45) is 0 Å². The molecule has 0 saturated carbocycles. The largest absolute Gasteiger partial charge is 0.310 e. The molecule has 12 rings (SSSR count). The van der Waals surface area contributed by atoms with Crippen molar-refractivity contribution < 1.29 is 0 Å². The molecule has 0 atom stereocenters. The first-order chi connectivity index (χ1) is 32.8. The van der Waals surface area contributed by atoms with Crippen molar-refractivity contribution in [1.82, 2.24) is 4.57 Å². The van der Waals surface area contributed by atoms with E-state index in [1.807, 2.05) is 0 Å². The number of rotatable bonds is 9. The van der Waals surface area contributed by atoms with E-state index in [1.165, 1.54) is 77.1 Å². The predicted molar refractivity (Wildman–Crippen MR) is 280 cm³/mol. The van der Waals surface area contributed by atoms with Crippen LogP contribution in [0.5, 0.6) is 0 Å². The Hall–Kier alpha value is -8.72. The molecule has 0 aliphatic rings. The van der Waals surface area contributed by atoms with E-state index in [-0.39, 0.29) is 0 Å². The zero-order valence-corrected chi connectivity index (χ0v) is 36.3. The highest BCUT2D eigenvalue weighted by Crippen LogP contribution is 2.49. The number of fused-ring (bicyclic) bond motifs is 4. The summed E-state index contributed by atoms with van der Waals surface area (Å²) >= 11 is 0. The minimum Gasteiger partial charge on any atom is -0.310 e. The van der Waals surface area contributed by atoms with Gasteiger partial charge in [-0.2, -0.15) is 0 Å². The molecule has 0 saturated heterocycles. The van der Waals surface area contributed by atoms with Gasteiger partial charge in [0.05, 0.1) is 22.4 Å². The van der Waals surface area contributed by atoms with Crippen molar-refractivity contribution >= 4 is 49.6 Å². The first kappa shape index (κ1) is 38.9. The van der Waals surface area contributed by atoms with Crippen LogP contribution in [0.1, 0.15) is 0 Å². The molecule has 2 heteroatoms. The van der Waals surface area contributed by atoms with Crippen LogP contribution in [0.2, 0.25) is 0 Å². The van der Waals surface area contributed by atoms with Crippen LogP contribution in [0, 0.1) is 0 Å². The summed E-state index contributed by atoms with van der Waals surface area (Å²) in [4.78, 5) is 2.46. The smallest absolute Gasteiger partial charge is 0.0546 e. The highest BCUT2D eigenvalue weighted by atomic mass is 15.1. The van der Waals surface area contributed by atoms with E-state index in [4.69, 9.17) is 0 Å². The molecule has 0 amide bonds. The number of hydrogen-bond acceptors (Lipinski definition) is 1. The number of para-hydroxylation sites is 3. The average molecular weight is 841 g/mol. The Bertz CT molecular complexity index is 3640. The summed E-state index contributed by atoms with van der Waals surface area (Å²) in [6.45, 7) is 0. The maximum Gasteiger partial charge on any atom is 0.0546 e. The van der Waals surface area contributed by atoms with Gasteiger partial charge in [-0.25, -0.2) is 0 Å². The summed E-state index contributed by atoms with van der Waals surface area (Å²) in [5.74, 6) is 0. The molecule has 0 fully saturated rings. The molecule has 0 spiro atoms. The van der Waals surface area contributed by atoms with Crippen LogP contribution in [0.3, 0.4) is 0 Å². The maximum absolute atomic E-state index is 2.46. The Kier molecular flexibility index (Phi) is 9.89. The molecular weight excluding hydrogens is 797 g/mol. The second kappa shape index (κ2) is 16.8. The molecule has 0 bridgehead atoms. The molecule has 0 unspecified atom stereocenters. The van der Waals surface area contributed by atoms with E-state index in [2.05, 4.69) is 276 Å². The number of aromatic nitrogens is 1. The molecule has 12 aromatic rings. The first-order valence-corrected chi connectivity index (χ1v) is 22.7. The SMILES string of the molecule is c1ccc(-c2ccccc2-c2c(-c3ccccc3)cccc2N(c2ccc(-c3ccccc3-n3c4ccccc4c4ccccc43)cc2)c2cccc(-c3ccc4ccccc4c3)c2)cc1. The zero-order valence-electron chi connectivity index (χ0n) is 36.3. The van der Waals surface area contributed by atoms with Crippen LogP contribution >= 0.6 is 0 Å². The Morgan fingerprint density at radius 3 is 1.50 bits per heavy atom. The van der Waals surface area contributed by atoms with Crippen molar-refractivity contribution in [2.75, 3.05) is 4.90 Å². The molecule has 11 aromatic carbocycles. The van der Waals surface area contributed by atoms with Crippen LogP contribution in [0.15, 0.2) is 267 Å². The number of anilines is 3. The standard InChI is InChI=1S/C64H44N2/c1-3-20-46(21-4-1)54-27-9-10-31-59(54)64-56(47-22-5-2-6-23-47)32-18-36-63(64)65(53-26-17-25-50(44-53)51-38-37-45-19-7-8-24-49(45)43-51)52-41-39-48(40-42-52)55-28-11-14-33-60(55)66-61-34-15-12-29-57(61)58-30-13-16-35-62(58)66/h1-44H. The van der Waals surface area contributed by atoms with Gasteiger partial charge in [0, 0.05) is 33.3 Å². The van der Waals surface area contributed by atoms with Gasteiger partial charge in [-0.1, -0.05) is 212 Å². The van der Waals surface area contributed by atoms with Crippen LogP contribution < -0.4 is 4.90 Å². The fourth-order valence-electron chi connectivity index (χ4n) is 9.94. The lowest BCUT2D eigenvalue weighted by Crippen LogP contribution is -2.12. The summed E-state index contributed by atoms with van der Waals surface area (Å²) in [6, 6.07) is 97.0. The minimum atomic E-state index is 1.06. The third-order valence-corrected chi connectivity index (χ3v) is 13.0. The Balaban J connectivity index is 1.07. The fraction of sp³-hybridized carbons (Fsp3) is 0. The molecule has 310 valence electrons. The van der Waals surface area contributed by atoms with Crippen molar-refractivity contribution in [3.05, 3.63) is 267 Å². The molecule has 0 aliphatic carbocycles. The lowest BCUT2D eigenvalue weighted by molar-refractivity contribution is 1.18. The Labute approximate surface area is 385 Å². The monoisotopic (exact) mass is 840 g/mol. The number of hydrogen-bond donors (Lipinski definition) is 0. The lowest BCUT2D eigenvalue weighted by Gasteiger charge is -2.30. The van der Waals surface area contributed by atoms with Gasteiger partial charge in [-0.15, -0.1) is 0 Å². The number of nitrogens with zero attached hydrogens (tertiary/aromatic N) is 2. The van der Waals surface area contributed by atoms with Crippen molar-refractivity contribution in [2.45, 2.75) is 0 Å². The van der Waals surface area contributed by atoms with Crippen LogP contribution in [0.25, 0.3) is 93.9 Å². The van der Waals surface area contributed by atoms with E-state index in [9.17, 15) is 0 Å². The quantitative estimate of drug-likeness (QED) is 0.141. The van der Waals surface area contributed by atoms with E-state index in [0.29, 0.717) is 0 Å². The summed E-state index contributed by atoms with van der Waals surface area (Å²) in [5, 5.41) is 4.96. The van der Waals surface area contributed by atoms with Crippen molar-refractivity contribution in [1.29, 1.82) is 0 Å². The van der Waals surface area contributed by atoms with E-state index in [1.54, 1.807) is 0 Å². The van der Waals surface area contributed by atoms with Gasteiger partial charge in [0.15, 0.2) is 0 Å². The predicted octanol–water partition coefficient (Wildman–Crippen LogP) is 17.7. The minimum absolute atomic E-state index is 1.06. The van der Waals surface area contributed by atoms with Crippen LogP contribution in [-0.4, -0.2) is 4.57 Å².